The predicted molar refractivity (Wildman–Crippen MR) is 98.8 cm³/mol. The van der Waals surface area contributed by atoms with E-state index in [1.54, 1.807) is 16.4 Å². The fraction of sp³-hybridized carbons (Fsp3) is 0.375. The van der Waals surface area contributed by atoms with Crippen molar-refractivity contribution in [1.29, 1.82) is 0 Å². The number of halogens is 1. The van der Waals surface area contributed by atoms with Crippen LogP contribution in [0.25, 0.3) is 0 Å². The van der Waals surface area contributed by atoms with E-state index >= 15 is 0 Å². The van der Waals surface area contributed by atoms with Gasteiger partial charge in [0.05, 0.1) is 3.79 Å². The Hall–Kier alpha value is -0.890. The zero-order chi connectivity index (χ0) is 16.6. The number of thiophene rings is 1. The van der Waals surface area contributed by atoms with Gasteiger partial charge in [0.1, 0.15) is 4.21 Å². The second-order valence-electron chi connectivity index (χ2n) is 5.80. The summed E-state index contributed by atoms with van der Waals surface area (Å²) in [6.07, 6.45) is 0. The summed E-state index contributed by atoms with van der Waals surface area (Å²) in [5, 5.41) is 0. The highest BCUT2D eigenvalue weighted by Gasteiger charge is 2.33. The lowest BCUT2D eigenvalue weighted by Gasteiger charge is -2.40. The molecule has 2 heterocycles. The summed E-state index contributed by atoms with van der Waals surface area (Å²) in [5.74, 6) is 0. The average molecular weight is 415 g/mol. The SMILES string of the molecule is Cc1cccc(N2CCN(S(=O)(=O)c3ccc(Br)s3)CC2C)c1. The van der Waals surface area contributed by atoms with Crippen molar-refractivity contribution in [3.63, 3.8) is 0 Å². The van der Waals surface area contributed by atoms with Crippen LogP contribution in [-0.2, 0) is 10.0 Å². The van der Waals surface area contributed by atoms with Gasteiger partial charge in [0.25, 0.3) is 10.0 Å². The normalized spacial score (nSPS) is 20.0. The van der Waals surface area contributed by atoms with Crippen LogP contribution in [0.4, 0.5) is 5.69 Å². The molecule has 1 aromatic heterocycles. The molecule has 3 rings (SSSR count). The second-order valence-corrected chi connectivity index (χ2v) is 10.4. The van der Waals surface area contributed by atoms with E-state index < -0.39 is 10.0 Å². The number of nitrogens with zero attached hydrogens (tertiary/aromatic N) is 2. The average Bonchev–Trinajstić information content (AvgIpc) is 2.94. The first-order valence-electron chi connectivity index (χ1n) is 7.47. The van der Waals surface area contributed by atoms with Crippen molar-refractivity contribution in [1.82, 2.24) is 4.31 Å². The number of anilines is 1. The van der Waals surface area contributed by atoms with Gasteiger partial charge in [-0.3, -0.25) is 0 Å². The third-order valence-corrected chi connectivity index (χ3v) is 8.02. The Bertz CT molecular complexity index is 804. The number of aryl methyl sites for hydroxylation is 1. The molecule has 1 aliphatic rings. The zero-order valence-corrected chi connectivity index (χ0v) is 16.3. The lowest BCUT2D eigenvalue weighted by atomic mass is 10.1. The van der Waals surface area contributed by atoms with Crippen LogP contribution in [0.3, 0.4) is 0 Å². The Balaban J connectivity index is 1.78. The monoisotopic (exact) mass is 414 g/mol. The van der Waals surface area contributed by atoms with Crippen molar-refractivity contribution < 1.29 is 8.42 Å². The quantitative estimate of drug-likeness (QED) is 0.767. The highest BCUT2D eigenvalue weighted by molar-refractivity contribution is 9.11. The number of sulfonamides is 1. The van der Waals surface area contributed by atoms with Crippen molar-refractivity contribution in [2.45, 2.75) is 24.1 Å². The molecular weight excluding hydrogens is 396 g/mol. The Morgan fingerprint density at radius 2 is 2.00 bits per heavy atom. The van der Waals surface area contributed by atoms with E-state index in [-0.39, 0.29) is 6.04 Å². The molecule has 4 nitrogen and oxygen atoms in total. The first-order chi connectivity index (χ1) is 10.9. The molecular formula is C16H19BrN2O2S2. The van der Waals surface area contributed by atoms with Gasteiger partial charge in [-0.2, -0.15) is 4.31 Å². The number of hydrogen-bond acceptors (Lipinski definition) is 4. The van der Waals surface area contributed by atoms with Crippen LogP contribution in [0.5, 0.6) is 0 Å². The minimum atomic E-state index is -3.39. The topological polar surface area (TPSA) is 40.6 Å². The molecule has 0 bridgehead atoms. The van der Waals surface area contributed by atoms with E-state index in [4.69, 9.17) is 0 Å². The molecule has 1 fully saturated rings. The van der Waals surface area contributed by atoms with Crippen LogP contribution in [0.2, 0.25) is 0 Å². The fourth-order valence-corrected chi connectivity index (χ4v) is 6.57. The summed E-state index contributed by atoms with van der Waals surface area (Å²) in [7, 11) is -3.39. The van der Waals surface area contributed by atoms with E-state index in [2.05, 4.69) is 52.9 Å². The van der Waals surface area contributed by atoms with Gasteiger partial charge in [0, 0.05) is 31.4 Å². The van der Waals surface area contributed by atoms with E-state index in [0.717, 1.165) is 9.47 Å². The summed E-state index contributed by atoms with van der Waals surface area (Å²) in [4.78, 5) is 2.28. The van der Waals surface area contributed by atoms with Crippen LogP contribution in [0.15, 0.2) is 44.4 Å². The maximum Gasteiger partial charge on any atom is 0.252 e. The highest BCUT2D eigenvalue weighted by atomic mass is 79.9. The summed E-state index contributed by atoms with van der Waals surface area (Å²) in [6.45, 7) is 5.87. The smallest absolute Gasteiger partial charge is 0.252 e. The molecule has 7 heteroatoms. The molecule has 0 saturated carbocycles. The molecule has 0 spiro atoms. The zero-order valence-electron chi connectivity index (χ0n) is 13.1. The third-order valence-electron chi connectivity index (χ3n) is 4.07. The molecule has 23 heavy (non-hydrogen) atoms. The first-order valence-corrected chi connectivity index (χ1v) is 10.5. The van der Waals surface area contributed by atoms with Gasteiger partial charge >= 0.3 is 0 Å². The molecule has 1 aromatic carbocycles. The van der Waals surface area contributed by atoms with Crippen molar-refractivity contribution in [2.24, 2.45) is 0 Å². The maximum atomic E-state index is 12.7. The highest BCUT2D eigenvalue weighted by Crippen LogP contribution is 2.30. The summed E-state index contributed by atoms with van der Waals surface area (Å²) in [5.41, 5.74) is 2.38. The molecule has 1 saturated heterocycles. The van der Waals surface area contributed by atoms with Crippen molar-refractivity contribution in [2.75, 3.05) is 24.5 Å². The minimum Gasteiger partial charge on any atom is -0.366 e. The molecule has 0 radical (unpaired) electrons. The van der Waals surface area contributed by atoms with Crippen LogP contribution in [0.1, 0.15) is 12.5 Å². The second kappa shape index (κ2) is 6.55. The maximum absolute atomic E-state index is 12.7. The van der Waals surface area contributed by atoms with E-state index in [9.17, 15) is 8.42 Å². The van der Waals surface area contributed by atoms with Gasteiger partial charge < -0.3 is 4.90 Å². The Labute approximate surface area is 149 Å². The lowest BCUT2D eigenvalue weighted by molar-refractivity contribution is 0.343. The molecule has 0 N–H and O–H groups in total. The molecule has 1 unspecified atom stereocenters. The van der Waals surface area contributed by atoms with Crippen LogP contribution in [0, 0.1) is 6.92 Å². The van der Waals surface area contributed by atoms with Gasteiger partial charge in [-0.1, -0.05) is 12.1 Å². The van der Waals surface area contributed by atoms with Gasteiger partial charge in [-0.25, -0.2) is 8.42 Å². The van der Waals surface area contributed by atoms with E-state index in [1.165, 1.54) is 16.9 Å². The molecule has 1 atom stereocenters. The van der Waals surface area contributed by atoms with E-state index in [1.807, 2.05) is 6.07 Å². The van der Waals surface area contributed by atoms with Crippen molar-refractivity contribution in [3.8, 4) is 0 Å². The van der Waals surface area contributed by atoms with Gasteiger partial charge in [-0.15, -0.1) is 11.3 Å². The Morgan fingerprint density at radius 1 is 1.22 bits per heavy atom. The number of piperazine rings is 1. The lowest BCUT2D eigenvalue weighted by Crippen LogP contribution is -2.53. The van der Waals surface area contributed by atoms with Crippen LogP contribution in [-0.4, -0.2) is 38.4 Å². The molecule has 0 amide bonds. The standard InChI is InChI=1S/C16H19BrN2O2S2/c1-12-4-3-5-14(10-12)19-9-8-18(11-13(19)2)23(20,21)16-7-6-15(17)22-16/h3-7,10,13H,8-9,11H2,1-2H3. The van der Waals surface area contributed by atoms with Crippen molar-refractivity contribution in [3.05, 3.63) is 45.7 Å². The van der Waals surface area contributed by atoms with Crippen LogP contribution >= 0.6 is 27.3 Å². The Morgan fingerprint density at radius 3 is 2.61 bits per heavy atom. The van der Waals surface area contributed by atoms with Crippen LogP contribution < -0.4 is 4.90 Å². The minimum absolute atomic E-state index is 0.142. The van der Waals surface area contributed by atoms with Crippen molar-refractivity contribution >= 4 is 43.0 Å². The fourth-order valence-electron chi connectivity index (χ4n) is 2.90. The molecule has 1 aliphatic heterocycles. The van der Waals surface area contributed by atoms with Gasteiger partial charge in [-0.05, 0) is 59.6 Å². The molecule has 0 aliphatic carbocycles. The van der Waals surface area contributed by atoms with Gasteiger partial charge in [0.15, 0.2) is 0 Å². The number of benzene rings is 1. The molecule has 124 valence electrons. The summed E-state index contributed by atoms with van der Waals surface area (Å²) >= 11 is 4.60. The third kappa shape index (κ3) is 3.47. The number of rotatable bonds is 3. The molecule has 2 aromatic rings. The largest absolute Gasteiger partial charge is 0.366 e. The predicted octanol–water partition coefficient (Wildman–Crippen LogP) is 3.72. The summed E-state index contributed by atoms with van der Waals surface area (Å²) < 4.78 is 28.3. The van der Waals surface area contributed by atoms with Gasteiger partial charge in [0.2, 0.25) is 0 Å². The van der Waals surface area contributed by atoms with E-state index in [0.29, 0.717) is 23.8 Å². The Kier molecular flexibility index (Phi) is 4.83. The number of hydrogen-bond donors (Lipinski definition) is 0. The first kappa shape index (κ1) is 17.0. The summed E-state index contributed by atoms with van der Waals surface area (Å²) in [6, 6.07) is 11.9.